The van der Waals surface area contributed by atoms with Gasteiger partial charge in [-0.05, 0) is 61.7 Å². The van der Waals surface area contributed by atoms with Crippen LogP contribution in [-0.2, 0) is 0 Å². The average Bonchev–Trinajstić information content (AvgIpc) is 2.62. The van der Waals surface area contributed by atoms with Crippen LogP contribution in [0.1, 0.15) is 16.7 Å². The normalized spacial score (nSPS) is 16.4. The number of ether oxygens (including phenoxy) is 1. The summed E-state index contributed by atoms with van der Waals surface area (Å²) in [6.45, 7) is 10.9. The molecule has 0 radical (unpaired) electrons. The number of anilines is 1. The lowest BCUT2D eigenvalue weighted by Crippen LogP contribution is -2.49. The molecule has 0 saturated carbocycles. The highest BCUT2D eigenvalue weighted by molar-refractivity contribution is 6.30. The first kappa shape index (κ1) is 20.0. The van der Waals surface area contributed by atoms with E-state index >= 15 is 0 Å². The Kier molecular flexibility index (Phi) is 6.64. The fourth-order valence-corrected chi connectivity index (χ4v) is 3.82. The van der Waals surface area contributed by atoms with Crippen LogP contribution in [0, 0.1) is 20.8 Å². The van der Waals surface area contributed by atoms with Crippen LogP contribution in [0.15, 0.2) is 36.4 Å². The summed E-state index contributed by atoms with van der Waals surface area (Å²) in [6.07, 6.45) is -0.495. The van der Waals surface area contributed by atoms with Crippen LogP contribution in [0.4, 0.5) is 5.69 Å². The minimum absolute atomic E-state index is 0.316. The van der Waals surface area contributed by atoms with Crippen molar-refractivity contribution in [2.75, 3.05) is 44.2 Å². The quantitative estimate of drug-likeness (QED) is 0.815. The lowest BCUT2D eigenvalue weighted by molar-refractivity contribution is 0.0662. The van der Waals surface area contributed by atoms with Crippen LogP contribution in [0.2, 0.25) is 5.02 Å². The highest BCUT2D eigenvalue weighted by atomic mass is 35.5. The number of hydrogen-bond donors (Lipinski definition) is 1. The second kappa shape index (κ2) is 8.96. The van der Waals surface area contributed by atoms with E-state index in [1.165, 1.54) is 22.4 Å². The van der Waals surface area contributed by atoms with Gasteiger partial charge in [0.1, 0.15) is 18.5 Å². The van der Waals surface area contributed by atoms with Crippen molar-refractivity contribution >= 4 is 17.3 Å². The van der Waals surface area contributed by atoms with E-state index in [1.807, 2.05) is 24.3 Å². The number of piperazine rings is 1. The molecular formula is C22H29ClN2O2. The molecule has 146 valence electrons. The number of aliphatic hydroxyl groups is 1. The molecular weight excluding hydrogens is 360 g/mol. The van der Waals surface area contributed by atoms with Crippen molar-refractivity contribution in [3.63, 3.8) is 0 Å². The average molecular weight is 389 g/mol. The third-order valence-corrected chi connectivity index (χ3v) is 5.23. The predicted octanol–water partition coefficient (Wildman–Crippen LogP) is 3.83. The molecule has 1 saturated heterocycles. The van der Waals surface area contributed by atoms with Crippen molar-refractivity contribution in [2.45, 2.75) is 26.9 Å². The number of aliphatic hydroxyl groups excluding tert-OH is 1. The molecule has 0 spiro atoms. The third kappa shape index (κ3) is 5.61. The number of rotatable bonds is 6. The Morgan fingerprint density at radius 2 is 1.67 bits per heavy atom. The molecule has 1 heterocycles. The monoisotopic (exact) mass is 388 g/mol. The minimum atomic E-state index is -0.495. The van der Waals surface area contributed by atoms with E-state index in [2.05, 4.69) is 42.7 Å². The van der Waals surface area contributed by atoms with Gasteiger partial charge in [-0.15, -0.1) is 0 Å². The smallest absolute Gasteiger partial charge is 0.119 e. The molecule has 1 N–H and O–H groups in total. The number of hydrogen-bond acceptors (Lipinski definition) is 4. The fourth-order valence-electron chi connectivity index (χ4n) is 3.65. The molecule has 0 aromatic heterocycles. The van der Waals surface area contributed by atoms with Gasteiger partial charge in [0, 0.05) is 43.4 Å². The zero-order chi connectivity index (χ0) is 19.4. The van der Waals surface area contributed by atoms with Gasteiger partial charge in [-0.3, -0.25) is 4.90 Å². The zero-order valence-corrected chi connectivity index (χ0v) is 17.2. The van der Waals surface area contributed by atoms with Gasteiger partial charge in [0.15, 0.2) is 0 Å². The molecule has 0 bridgehead atoms. The molecule has 0 amide bonds. The molecule has 1 atom stereocenters. The molecule has 1 fully saturated rings. The Labute approximate surface area is 167 Å². The van der Waals surface area contributed by atoms with Gasteiger partial charge in [0.25, 0.3) is 0 Å². The molecule has 3 rings (SSSR count). The SMILES string of the molecule is Cc1cc(C)cc(OCC(O)CN2CCN(c3cc(Cl)ccc3C)CC2)c1. The summed E-state index contributed by atoms with van der Waals surface area (Å²) in [5.74, 6) is 0.827. The number of benzene rings is 2. The van der Waals surface area contributed by atoms with Crippen molar-refractivity contribution < 1.29 is 9.84 Å². The first-order valence-corrected chi connectivity index (χ1v) is 9.91. The van der Waals surface area contributed by atoms with E-state index in [-0.39, 0.29) is 0 Å². The van der Waals surface area contributed by atoms with Crippen LogP contribution < -0.4 is 9.64 Å². The highest BCUT2D eigenvalue weighted by Crippen LogP contribution is 2.25. The molecule has 2 aromatic carbocycles. The van der Waals surface area contributed by atoms with Crippen molar-refractivity contribution in [1.82, 2.24) is 4.90 Å². The number of halogens is 1. The topological polar surface area (TPSA) is 35.9 Å². The maximum atomic E-state index is 10.4. The maximum absolute atomic E-state index is 10.4. The van der Waals surface area contributed by atoms with Gasteiger partial charge in [-0.1, -0.05) is 23.7 Å². The number of β-amino-alcohol motifs (C(OH)–C–C–N with tert-alkyl or cyclic N) is 1. The number of aryl methyl sites for hydroxylation is 3. The predicted molar refractivity (Wildman–Crippen MR) is 112 cm³/mol. The van der Waals surface area contributed by atoms with E-state index in [1.54, 1.807) is 0 Å². The van der Waals surface area contributed by atoms with Gasteiger partial charge in [-0.25, -0.2) is 0 Å². The summed E-state index contributed by atoms with van der Waals surface area (Å²) < 4.78 is 5.79. The Morgan fingerprint density at radius 3 is 2.33 bits per heavy atom. The molecule has 0 aliphatic carbocycles. The van der Waals surface area contributed by atoms with Gasteiger partial charge >= 0.3 is 0 Å². The summed E-state index contributed by atoms with van der Waals surface area (Å²) in [5.41, 5.74) is 4.80. The lowest BCUT2D eigenvalue weighted by atomic mass is 10.1. The molecule has 27 heavy (non-hydrogen) atoms. The largest absolute Gasteiger partial charge is 0.491 e. The second-order valence-electron chi connectivity index (χ2n) is 7.51. The molecule has 5 heteroatoms. The Bertz CT molecular complexity index is 753. The first-order valence-electron chi connectivity index (χ1n) is 9.53. The van der Waals surface area contributed by atoms with Gasteiger partial charge in [0.2, 0.25) is 0 Å². The minimum Gasteiger partial charge on any atom is -0.491 e. The van der Waals surface area contributed by atoms with E-state index in [9.17, 15) is 5.11 Å². The summed E-state index contributed by atoms with van der Waals surface area (Å²) in [4.78, 5) is 4.67. The summed E-state index contributed by atoms with van der Waals surface area (Å²) in [5, 5.41) is 11.1. The first-order chi connectivity index (χ1) is 12.9. The van der Waals surface area contributed by atoms with Crippen LogP contribution in [0.5, 0.6) is 5.75 Å². The Hall–Kier alpha value is -1.75. The van der Waals surface area contributed by atoms with Crippen LogP contribution >= 0.6 is 11.6 Å². The van der Waals surface area contributed by atoms with E-state index in [4.69, 9.17) is 16.3 Å². The van der Waals surface area contributed by atoms with E-state index in [0.29, 0.717) is 13.2 Å². The van der Waals surface area contributed by atoms with Crippen LogP contribution in [0.3, 0.4) is 0 Å². The Balaban J connectivity index is 1.46. The maximum Gasteiger partial charge on any atom is 0.119 e. The van der Waals surface area contributed by atoms with Gasteiger partial charge < -0.3 is 14.7 Å². The lowest BCUT2D eigenvalue weighted by Gasteiger charge is -2.37. The van der Waals surface area contributed by atoms with Gasteiger partial charge in [0.05, 0.1) is 0 Å². The van der Waals surface area contributed by atoms with Crippen molar-refractivity contribution in [1.29, 1.82) is 0 Å². The van der Waals surface area contributed by atoms with Crippen molar-refractivity contribution in [2.24, 2.45) is 0 Å². The summed E-state index contributed by atoms with van der Waals surface area (Å²) >= 11 is 6.15. The molecule has 1 aliphatic heterocycles. The number of nitrogens with zero attached hydrogens (tertiary/aromatic N) is 2. The van der Waals surface area contributed by atoms with E-state index in [0.717, 1.165) is 37.0 Å². The molecule has 4 nitrogen and oxygen atoms in total. The standard InChI is InChI=1S/C22H29ClN2O2/c1-16-10-17(2)12-21(11-16)27-15-20(26)14-24-6-8-25(9-7-24)22-13-19(23)5-4-18(22)3/h4-5,10-13,20,26H,6-9,14-15H2,1-3H3. The molecule has 1 unspecified atom stereocenters. The van der Waals surface area contributed by atoms with Crippen LogP contribution in [-0.4, -0.2) is 55.4 Å². The third-order valence-electron chi connectivity index (χ3n) is 4.99. The summed E-state index contributed by atoms with van der Waals surface area (Å²) in [6, 6.07) is 12.2. The second-order valence-corrected chi connectivity index (χ2v) is 7.94. The van der Waals surface area contributed by atoms with Crippen molar-refractivity contribution in [3.8, 4) is 5.75 Å². The fraction of sp³-hybridized carbons (Fsp3) is 0.455. The van der Waals surface area contributed by atoms with Crippen molar-refractivity contribution in [3.05, 3.63) is 58.1 Å². The van der Waals surface area contributed by atoms with Crippen LogP contribution in [0.25, 0.3) is 0 Å². The van der Waals surface area contributed by atoms with Gasteiger partial charge in [-0.2, -0.15) is 0 Å². The highest BCUT2D eigenvalue weighted by Gasteiger charge is 2.21. The molecule has 1 aliphatic rings. The van der Waals surface area contributed by atoms with E-state index < -0.39 is 6.10 Å². The molecule has 2 aromatic rings. The Morgan fingerprint density at radius 1 is 1.00 bits per heavy atom. The summed E-state index contributed by atoms with van der Waals surface area (Å²) in [7, 11) is 0. The zero-order valence-electron chi connectivity index (χ0n) is 16.4.